The number of halogens is 6. The highest BCUT2D eigenvalue weighted by Crippen LogP contribution is 2.52. The van der Waals surface area contributed by atoms with Gasteiger partial charge in [-0.1, -0.05) is 26.0 Å². The SMILES string of the molecule is CSc1cnc(N2CCC(c3nc4c(c(C5CCC(F)(F)CC5)c3[C@@H](F)c3ccc(C(F)(F)F)cc3)[C@@H](O)CC(C)(C)C4)CC2)nc1. The summed E-state index contributed by atoms with van der Waals surface area (Å²) in [6.07, 6.45) is -0.238. The largest absolute Gasteiger partial charge is 0.416 e. The quantitative estimate of drug-likeness (QED) is 0.207. The number of hydrogen-bond acceptors (Lipinski definition) is 6. The van der Waals surface area contributed by atoms with Crippen molar-refractivity contribution < 1.29 is 31.4 Å². The van der Waals surface area contributed by atoms with Crippen LogP contribution >= 0.6 is 11.8 Å². The van der Waals surface area contributed by atoms with E-state index >= 15 is 4.39 Å². The molecule has 5 nitrogen and oxygen atoms in total. The first-order valence-electron chi connectivity index (χ1n) is 16.2. The number of hydrogen-bond donors (Lipinski definition) is 1. The van der Waals surface area contributed by atoms with Gasteiger partial charge in [0.1, 0.15) is 0 Å². The van der Waals surface area contributed by atoms with Crippen molar-refractivity contribution in [2.75, 3.05) is 24.2 Å². The van der Waals surface area contributed by atoms with Gasteiger partial charge in [-0.2, -0.15) is 13.2 Å². The van der Waals surface area contributed by atoms with Crippen molar-refractivity contribution in [1.29, 1.82) is 0 Å². The molecule has 47 heavy (non-hydrogen) atoms. The Kier molecular flexibility index (Phi) is 9.32. The lowest BCUT2D eigenvalue weighted by Crippen LogP contribution is -2.36. The molecule has 254 valence electrons. The average Bonchev–Trinajstić information content (AvgIpc) is 3.03. The van der Waals surface area contributed by atoms with Crippen molar-refractivity contribution in [2.45, 2.75) is 106 Å². The standard InChI is InChI=1S/C35H40F6N4OS/c1-33(2)16-25-28(26(46)17-33)27(20-8-12-34(37,38)13-9-20)29(30(36)21-4-6-23(7-5-21)35(39,40)41)31(44-25)22-10-14-45(15-11-22)32-42-18-24(47-3)19-43-32/h4-7,18-20,22,26,30,46H,8-17H2,1-3H3/t26-,30-/m0/s1. The van der Waals surface area contributed by atoms with Gasteiger partial charge in [-0.3, -0.25) is 4.98 Å². The molecule has 2 aliphatic carbocycles. The Labute approximate surface area is 275 Å². The maximum absolute atomic E-state index is 17.2. The average molecular weight is 679 g/mol. The molecule has 6 rings (SSSR count). The van der Waals surface area contributed by atoms with E-state index in [1.54, 1.807) is 24.2 Å². The summed E-state index contributed by atoms with van der Waals surface area (Å²) in [5, 5.41) is 11.6. The molecule has 1 saturated carbocycles. The van der Waals surface area contributed by atoms with Crippen LogP contribution in [0.15, 0.2) is 41.6 Å². The summed E-state index contributed by atoms with van der Waals surface area (Å²) in [5.74, 6) is -2.86. The van der Waals surface area contributed by atoms with Gasteiger partial charge >= 0.3 is 6.18 Å². The van der Waals surface area contributed by atoms with Gasteiger partial charge in [0.25, 0.3) is 0 Å². The summed E-state index contributed by atoms with van der Waals surface area (Å²) in [6.45, 7) is 5.24. The first-order valence-corrected chi connectivity index (χ1v) is 17.4. The van der Waals surface area contributed by atoms with E-state index < -0.39 is 35.9 Å². The first kappa shape index (κ1) is 34.0. The van der Waals surface area contributed by atoms with E-state index in [0.717, 1.165) is 29.2 Å². The van der Waals surface area contributed by atoms with Crippen molar-refractivity contribution in [3.63, 3.8) is 0 Å². The van der Waals surface area contributed by atoms with Crippen LogP contribution in [0.2, 0.25) is 0 Å². The van der Waals surface area contributed by atoms with Crippen LogP contribution in [0.3, 0.4) is 0 Å². The Morgan fingerprint density at radius 1 is 0.936 bits per heavy atom. The van der Waals surface area contributed by atoms with Crippen molar-refractivity contribution in [1.82, 2.24) is 15.0 Å². The van der Waals surface area contributed by atoms with Crippen LogP contribution in [0.4, 0.5) is 32.3 Å². The van der Waals surface area contributed by atoms with Crippen LogP contribution in [0, 0.1) is 5.41 Å². The number of nitrogens with zero attached hydrogens (tertiary/aromatic N) is 4. The fourth-order valence-corrected chi connectivity index (χ4v) is 7.96. The topological polar surface area (TPSA) is 62.1 Å². The number of thioether (sulfide) groups is 1. The lowest BCUT2D eigenvalue weighted by atomic mass is 9.68. The number of alkyl halides is 6. The predicted molar refractivity (Wildman–Crippen MR) is 170 cm³/mol. The van der Waals surface area contributed by atoms with Gasteiger partial charge in [-0.15, -0.1) is 11.8 Å². The molecule has 3 heterocycles. The Balaban J connectivity index is 1.46. The van der Waals surface area contributed by atoms with Gasteiger partial charge in [-0.05, 0) is 79.4 Å². The molecule has 2 atom stereocenters. The van der Waals surface area contributed by atoms with Crippen LogP contribution in [-0.2, 0) is 12.6 Å². The summed E-state index contributed by atoms with van der Waals surface area (Å²) < 4.78 is 86.2. The lowest BCUT2D eigenvalue weighted by molar-refractivity contribution is -0.137. The number of benzene rings is 1. The number of aliphatic hydroxyl groups is 1. The number of rotatable bonds is 6. The van der Waals surface area contributed by atoms with Crippen LogP contribution in [0.1, 0.15) is 122 Å². The van der Waals surface area contributed by atoms with E-state index in [1.165, 1.54) is 0 Å². The van der Waals surface area contributed by atoms with Gasteiger partial charge in [-0.25, -0.2) is 23.1 Å². The molecule has 3 aliphatic rings. The van der Waals surface area contributed by atoms with Crippen molar-refractivity contribution in [3.8, 4) is 0 Å². The fourth-order valence-electron chi connectivity index (χ4n) is 7.65. The highest BCUT2D eigenvalue weighted by atomic mass is 32.2. The third-order valence-corrected chi connectivity index (χ3v) is 10.8. The monoisotopic (exact) mass is 678 g/mol. The van der Waals surface area contributed by atoms with Crippen LogP contribution in [-0.4, -0.2) is 45.3 Å². The third-order valence-electron chi connectivity index (χ3n) is 10.1. The lowest BCUT2D eigenvalue weighted by Gasteiger charge is -2.41. The van der Waals surface area contributed by atoms with Gasteiger partial charge < -0.3 is 10.0 Å². The second-order valence-corrected chi connectivity index (χ2v) is 14.9. The minimum atomic E-state index is -4.58. The molecule has 12 heteroatoms. The van der Waals surface area contributed by atoms with Crippen molar-refractivity contribution in [2.24, 2.45) is 5.41 Å². The molecule has 3 aromatic rings. The number of fused-ring (bicyclic) bond motifs is 1. The summed E-state index contributed by atoms with van der Waals surface area (Å²) >= 11 is 1.55. The molecule has 0 spiro atoms. The maximum Gasteiger partial charge on any atom is 0.416 e. The smallest absolute Gasteiger partial charge is 0.388 e. The molecule has 0 radical (unpaired) electrons. The van der Waals surface area contributed by atoms with E-state index in [1.807, 2.05) is 20.1 Å². The summed E-state index contributed by atoms with van der Waals surface area (Å²) in [7, 11) is 0. The highest BCUT2D eigenvalue weighted by molar-refractivity contribution is 7.98. The van der Waals surface area contributed by atoms with Gasteiger partial charge in [0, 0.05) is 66.0 Å². The van der Waals surface area contributed by atoms with E-state index in [2.05, 4.69) is 14.9 Å². The minimum Gasteiger partial charge on any atom is -0.388 e. The Morgan fingerprint density at radius 3 is 2.13 bits per heavy atom. The second-order valence-electron chi connectivity index (χ2n) is 14.0. The molecule has 0 amide bonds. The minimum absolute atomic E-state index is 0.0359. The van der Waals surface area contributed by atoms with Crippen molar-refractivity contribution >= 4 is 17.7 Å². The van der Waals surface area contributed by atoms with Crippen LogP contribution in [0.5, 0.6) is 0 Å². The van der Waals surface area contributed by atoms with E-state index in [0.29, 0.717) is 67.2 Å². The molecule has 1 saturated heterocycles. The molecular weight excluding hydrogens is 638 g/mol. The van der Waals surface area contributed by atoms with E-state index in [-0.39, 0.29) is 48.1 Å². The zero-order chi connectivity index (χ0) is 33.7. The Hall–Kier alpha value is -2.86. The first-order chi connectivity index (χ1) is 22.2. The van der Waals surface area contributed by atoms with Gasteiger partial charge in [0.2, 0.25) is 11.9 Å². The Bertz CT molecular complexity index is 1560. The summed E-state index contributed by atoms with van der Waals surface area (Å²) in [4.78, 5) is 17.1. The number of anilines is 1. The molecule has 1 aromatic carbocycles. The molecular formula is C35H40F6N4OS. The zero-order valence-corrected chi connectivity index (χ0v) is 27.6. The Morgan fingerprint density at radius 2 is 1.55 bits per heavy atom. The second kappa shape index (κ2) is 12.9. The fraction of sp³-hybridized carbons (Fsp3) is 0.571. The number of pyridine rings is 1. The predicted octanol–water partition coefficient (Wildman–Crippen LogP) is 9.35. The molecule has 1 N–H and O–H groups in total. The summed E-state index contributed by atoms with van der Waals surface area (Å²) in [5.41, 5.74) is 1.34. The number of piperidine rings is 1. The molecule has 0 unspecified atom stereocenters. The van der Waals surface area contributed by atoms with E-state index in [9.17, 15) is 27.1 Å². The number of aromatic nitrogens is 3. The molecule has 2 fully saturated rings. The third kappa shape index (κ3) is 7.14. The highest BCUT2D eigenvalue weighted by Gasteiger charge is 2.43. The summed E-state index contributed by atoms with van der Waals surface area (Å²) in [6, 6.07) is 4.03. The van der Waals surface area contributed by atoms with Gasteiger partial charge in [0.15, 0.2) is 6.17 Å². The normalized spacial score (nSPS) is 22.6. The number of aliphatic hydroxyl groups excluding tert-OH is 1. The van der Waals surface area contributed by atoms with E-state index in [4.69, 9.17) is 4.98 Å². The molecule has 0 bridgehead atoms. The zero-order valence-electron chi connectivity index (χ0n) is 26.8. The van der Waals surface area contributed by atoms with Crippen LogP contribution < -0.4 is 4.90 Å². The van der Waals surface area contributed by atoms with Crippen LogP contribution in [0.25, 0.3) is 0 Å². The molecule has 2 aromatic heterocycles. The maximum atomic E-state index is 17.2. The van der Waals surface area contributed by atoms with Crippen molar-refractivity contribution in [3.05, 3.63) is 75.9 Å². The molecule has 1 aliphatic heterocycles. The van der Waals surface area contributed by atoms with Gasteiger partial charge in [0.05, 0.1) is 17.4 Å².